The van der Waals surface area contributed by atoms with Crippen molar-refractivity contribution >= 4 is 11.9 Å². The molecule has 3 fully saturated rings. The number of allylic oxidation sites excluding steroid dienone is 1. The van der Waals surface area contributed by atoms with Crippen LogP contribution in [0.2, 0.25) is 0 Å². The second kappa shape index (κ2) is 8.04. The number of fused-ring (bicyclic) bond motifs is 5. The van der Waals surface area contributed by atoms with E-state index in [1.807, 2.05) is 30.3 Å². The Morgan fingerprint density at radius 2 is 1.72 bits per heavy atom. The fourth-order valence-corrected chi connectivity index (χ4v) is 7.88. The van der Waals surface area contributed by atoms with Crippen LogP contribution < -0.4 is 0 Å². The summed E-state index contributed by atoms with van der Waals surface area (Å²) in [5.41, 5.74) is 2.46. The van der Waals surface area contributed by atoms with Crippen LogP contribution in [0.1, 0.15) is 82.5 Å². The Morgan fingerprint density at radius 3 is 2.47 bits per heavy atom. The predicted octanol–water partition coefficient (Wildman–Crippen LogP) is 6.11. The third-order valence-corrected chi connectivity index (χ3v) is 9.56. The maximum atomic E-state index is 12.8. The molecule has 0 unspecified atom stereocenters. The van der Waals surface area contributed by atoms with Crippen LogP contribution in [-0.4, -0.2) is 24.1 Å². The molecule has 4 aliphatic rings. The van der Waals surface area contributed by atoms with Crippen molar-refractivity contribution in [2.24, 2.45) is 28.6 Å². The molecular weight excluding hydrogens is 400 g/mol. The first-order valence-corrected chi connectivity index (χ1v) is 12.4. The van der Waals surface area contributed by atoms with E-state index < -0.39 is 0 Å². The van der Waals surface area contributed by atoms with E-state index in [1.54, 1.807) is 0 Å². The van der Waals surface area contributed by atoms with Gasteiger partial charge in [0, 0.05) is 18.8 Å². The molecule has 0 aliphatic heterocycles. The van der Waals surface area contributed by atoms with Crippen LogP contribution in [0.15, 0.2) is 42.0 Å². The molecule has 5 rings (SSSR count). The molecule has 0 amide bonds. The molecule has 0 heterocycles. The van der Waals surface area contributed by atoms with Crippen molar-refractivity contribution in [1.82, 2.24) is 0 Å². The lowest BCUT2D eigenvalue weighted by Crippen LogP contribution is -2.51. The van der Waals surface area contributed by atoms with Gasteiger partial charge in [0.25, 0.3) is 0 Å². The number of hydrogen-bond donors (Lipinski definition) is 0. The van der Waals surface area contributed by atoms with Gasteiger partial charge in [0.05, 0.1) is 5.56 Å². The Hall–Kier alpha value is -2.10. The molecule has 7 atom stereocenters. The van der Waals surface area contributed by atoms with Crippen LogP contribution in [0.3, 0.4) is 0 Å². The second-order valence-corrected chi connectivity index (χ2v) is 11.1. The van der Waals surface area contributed by atoms with E-state index in [0.29, 0.717) is 23.3 Å². The minimum absolute atomic E-state index is 0.0130. The standard InChI is InChI=1S/C28H36O4/c1-18(29)31-21-13-15-27(2)20(17-21)9-10-22-23-11-12-25(28(23,3)16-14-24(22)27)32-26(30)19-7-5-4-6-8-19/h4-9,21-25H,10-17H2,1-3H3/t21-,22+,23+,24+,25-,27+,28+/m1/s1. The van der Waals surface area contributed by atoms with E-state index in [9.17, 15) is 9.59 Å². The Morgan fingerprint density at radius 1 is 0.938 bits per heavy atom. The van der Waals surface area contributed by atoms with Gasteiger partial charge < -0.3 is 9.47 Å². The number of hydrogen-bond acceptors (Lipinski definition) is 4. The quantitative estimate of drug-likeness (QED) is 0.424. The van der Waals surface area contributed by atoms with Gasteiger partial charge >= 0.3 is 11.9 Å². The highest BCUT2D eigenvalue weighted by Gasteiger charge is 2.59. The summed E-state index contributed by atoms with van der Waals surface area (Å²) in [5, 5.41) is 0. The summed E-state index contributed by atoms with van der Waals surface area (Å²) in [6, 6.07) is 9.40. The summed E-state index contributed by atoms with van der Waals surface area (Å²) in [5.74, 6) is 1.61. The molecule has 1 aromatic rings. The fraction of sp³-hybridized carbons (Fsp3) is 0.643. The topological polar surface area (TPSA) is 52.6 Å². The molecular formula is C28H36O4. The average Bonchev–Trinajstić information content (AvgIpc) is 3.10. The largest absolute Gasteiger partial charge is 0.462 e. The van der Waals surface area contributed by atoms with Gasteiger partial charge in [0.2, 0.25) is 0 Å². The fourth-order valence-electron chi connectivity index (χ4n) is 7.88. The van der Waals surface area contributed by atoms with Gasteiger partial charge in [-0.3, -0.25) is 4.79 Å². The molecule has 4 aliphatic carbocycles. The molecule has 0 radical (unpaired) electrons. The van der Waals surface area contributed by atoms with Gasteiger partial charge in [-0.25, -0.2) is 4.79 Å². The predicted molar refractivity (Wildman–Crippen MR) is 123 cm³/mol. The lowest BCUT2D eigenvalue weighted by atomic mass is 9.48. The van der Waals surface area contributed by atoms with Crippen molar-refractivity contribution in [2.75, 3.05) is 0 Å². The van der Waals surface area contributed by atoms with Gasteiger partial charge in [-0.15, -0.1) is 0 Å². The Balaban J connectivity index is 1.33. The maximum Gasteiger partial charge on any atom is 0.338 e. The summed E-state index contributed by atoms with van der Waals surface area (Å²) in [7, 11) is 0. The van der Waals surface area contributed by atoms with Gasteiger partial charge in [-0.05, 0) is 80.2 Å². The lowest BCUT2D eigenvalue weighted by molar-refractivity contribution is -0.148. The van der Waals surface area contributed by atoms with Crippen molar-refractivity contribution in [3.8, 4) is 0 Å². The Kier molecular flexibility index (Phi) is 5.46. The summed E-state index contributed by atoms with van der Waals surface area (Å²) in [6.45, 7) is 6.36. The molecule has 1 aromatic carbocycles. The second-order valence-electron chi connectivity index (χ2n) is 11.1. The van der Waals surface area contributed by atoms with E-state index in [-0.39, 0.29) is 35.0 Å². The minimum atomic E-state index is -0.179. The highest BCUT2D eigenvalue weighted by Crippen LogP contribution is 2.65. The zero-order valence-corrected chi connectivity index (χ0v) is 19.6. The molecule has 4 nitrogen and oxygen atoms in total. The first-order valence-electron chi connectivity index (χ1n) is 12.4. The Bertz CT molecular complexity index is 921. The molecule has 0 N–H and O–H groups in total. The highest BCUT2D eigenvalue weighted by atomic mass is 16.5. The molecule has 0 bridgehead atoms. The molecule has 0 spiro atoms. The van der Waals surface area contributed by atoms with Crippen molar-refractivity contribution < 1.29 is 19.1 Å². The maximum absolute atomic E-state index is 12.8. The Labute approximate surface area is 191 Å². The summed E-state index contributed by atoms with van der Waals surface area (Å²) >= 11 is 0. The summed E-state index contributed by atoms with van der Waals surface area (Å²) in [4.78, 5) is 24.2. The van der Waals surface area contributed by atoms with Gasteiger partial charge in [0.15, 0.2) is 0 Å². The first-order chi connectivity index (χ1) is 15.3. The molecule has 172 valence electrons. The molecule has 3 saturated carbocycles. The monoisotopic (exact) mass is 436 g/mol. The van der Waals surface area contributed by atoms with Crippen LogP contribution in [-0.2, 0) is 14.3 Å². The van der Waals surface area contributed by atoms with Gasteiger partial charge in [-0.2, -0.15) is 0 Å². The number of carbonyl (C=O) groups is 2. The van der Waals surface area contributed by atoms with Crippen LogP contribution in [0.4, 0.5) is 0 Å². The van der Waals surface area contributed by atoms with E-state index in [1.165, 1.54) is 18.9 Å². The number of esters is 2. The number of carbonyl (C=O) groups excluding carboxylic acids is 2. The van der Waals surface area contributed by atoms with Crippen molar-refractivity contribution in [1.29, 1.82) is 0 Å². The molecule has 32 heavy (non-hydrogen) atoms. The van der Waals surface area contributed by atoms with E-state index in [4.69, 9.17) is 9.47 Å². The third-order valence-electron chi connectivity index (χ3n) is 9.56. The van der Waals surface area contributed by atoms with Crippen LogP contribution >= 0.6 is 0 Å². The molecule has 0 saturated heterocycles. The normalized spacial score (nSPS) is 40.3. The number of rotatable bonds is 3. The first kappa shape index (κ1) is 21.7. The molecule has 0 aromatic heterocycles. The van der Waals surface area contributed by atoms with Crippen LogP contribution in [0, 0.1) is 28.6 Å². The minimum Gasteiger partial charge on any atom is -0.462 e. The highest BCUT2D eigenvalue weighted by molar-refractivity contribution is 5.89. The number of ether oxygens (including phenoxy) is 2. The smallest absolute Gasteiger partial charge is 0.338 e. The van der Waals surface area contributed by atoms with Crippen molar-refractivity contribution in [2.45, 2.75) is 84.3 Å². The molecule has 4 heteroatoms. The van der Waals surface area contributed by atoms with E-state index >= 15 is 0 Å². The summed E-state index contributed by atoms with van der Waals surface area (Å²) < 4.78 is 11.7. The van der Waals surface area contributed by atoms with Crippen molar-refractivity contribution in [3.63, 3.8) is 0 Å². The zero-order chi connectivity index (χ0) is 22.5. The van der Waals surface area contributed by atoms with E-state index in [0.717, 1.165) is 44.9 Å². The summed E-state index contributed by atoms with van der Waals surface area (Å²) in [6.07, 6.45) is 11.1. The average molecular weight is 437 g/mol. The SMILES string of the molecule is CC(=O)O[C@@H]1CC[C@@]2(C)C(=CC[C@H]3[C@@H]4CC[C@@H](OC(=O)c5ccccc5)[C@@]4(C)CC[C@@H]32)C1. The van der Waals surface area contributed by atoms with Crippen molar-refractivity contribution in [3.05, 3.63) is 47.5 Å². The van der Waals surface area contributed by atoms with Gasteiger partial charge in [-0.1, -0.05) is 43.7 Å². The third kappa shape index (κ3) is 3.50. The van der Waals surface area contributed by atoms with Crippen LogP contribution in [0.25, 0.3) is 0 Å². The van der Waals surface area contributed by atoms with E-state index in [2.05, 4.69) is 19.9 Å². The van der Waals surface area contributed by atoms with Gasteiger partial charge in [0.1, 0.15) is 12.2 Å². The van der Waals surface area contributed by atoms with Crippen LogP contribution in [0.5, 0.6) is 0 Å². The lowest BCUT2D eigenvalue weighted by Gasteiger charge is -2.57. The zero-order valence-electron chi connectivity index (χ0n) is 19.6. The number of benzene rings is 1.